The van der Waals surface area contributed by atoms with Gasteiger partial charge in [0, 0.05) is 20.1 Å². The fourth-order valence-corrected chi connectivity index (χ4v) is 5.20. The number of nitrogens with one attached hydrogen (secondary N) is 2. The minimum absolute atomic E-state index is 0.0603. The van der Waals surface area contributed by atoms with Crippen LogP contribution in [0.25, 0.3) is 10.9 Å². The van der Waals surface area contributed by atoms with Crippen LogP contribution < -0.4 is 15.6 Å². The molecule has 1 unspecified atom stereocenters. The van der Waals surface area contributed by atoms with Gasteiger partial charge in [-0.2, -0.15) is 21.5 Å². The number of anilines is 3. The zero-order valence-electron chi connectivity index (χ0n) is 17.9. The molecule has 1 fully saturated rings. The van der Waals surface area contributed by atoms with Gasteiger partial charge in [-0.05, 0) is 30.7 Å². The molecule has 0 amide bonds. The van der Waals surface area contributed by atoms with Gasteiger partial charge in [0.25, 0.3) is 5.56 Å². The van der Waals surface area contributed by atoms with Crippen LogP contribution in [0.1, 0.15) is 6.42 Å². The van der Waals surface area contributed by atoms with Crippen molar-refractivity contribution in [3.8, 4) is 0 Å². The summed E-state index contributed by atoms with van der Waals surface area (Å²) >= 11 is 6.23. The van der Waals surface area contributed by atoms with Crippen molar-refractivity contribution in [2.75, 3.05) is 23.1 Å². The highest BCUT2D eigenvalue weighted by molar-refractivity contribution is 7.90. The topological polar surface area (TPSA) is 106 Å². The fraction of sp³-hybridized carbons (Fsp3) is 0.300. The first kappa shape index (κ1) is 25.2. The van der Waals surface area contributed by atoms with Crippen molar-refractivity contribution < 1.29 is 30.7 Å². The number of nitrogens with zero attached hydrogens (tertiary/aromatic N) is 3. The molecule has 188 valence electrons. The molecule has 9 nitrogen and oxygen atoms in total. The molecule has 0 aliphatic carbocycles. The standard InChI is InChI=1S/C20H18ClF4N5O4S/c1-29-9-26-12-4-5-14(17(23)15(12)19(29)31)27-18-11(22)2-3-13(16(18)21)28-35(32,33)30-7-6-10(8-30)34-20(24)25/h2-5,9-10,20,27-28H,6-8H2,1H3. The fourth-order valence-electron chi connectivity index (χ4n) is 3.61. The van der Waals surface area contributed by atoms with E-state index >= 15 is 4.39 Å². The second-order valence-corrected chi connectivity index (χ2v) is 9.71. The van der Waals surface area contributed by atoms with E-state index in [0.29, 0.717) is 0 Å². The number of aromatic nitrogens is 2. The van der Waals surface area contributed by atoms with Gasteiger partial charge in [-0.1, -0.05) is 11.6 Å². The van der Waals surface area contributed by atoms with Gasteiger partial charge in [-0.15, -0.1) is 0 Å². The summed E-state index contributed by atoms with van der Waals surface area (Å²) < 4.78 is 88.4. The molecule has 2 N–H and O–H groups in total. The van der Waals surface area contributed by atoms with E-state index in [4.69, 9.17) is 11.6 Å². The van der Waals surface area contributed by atoms with Crippen LogP contribution in [0.15, 0.2) is 35.4 Å². The van der Waals surface area contributed by atoms with Gasteiger partial charge in [0.15, 0.2) is 5.82 Å². The number of hydrogen-bond donors (Lipinski definition) is 2. The van der Waals surface area contributed by atoms with E-state index in [9.17, 15) is 26.4 Å². The Kier molecular flexibility index (Phi) is 6.90. The zero-order chi connectivity index (χ0) is 25.5. The van der Waals surface area contributed by atoms with Crippen LogP contribution in [0.4, 0.5) is 34.6 Å². The largest absolute Gasteiger partial charge is 0.349 e. The van der Waals surface area contributed by atoms with Gasteiger partial charge < -0.3 is 14.6 Å². The third-order valence-corrected chi connectivity index (χ3v) is 7.24. The molecule has 1 aromatic heterocycles. The van der Waals surface area contributed by atoms with Crippen molar-refractivity contribution in [3.05, 3.63) is 57.6 Å². The lowest BCUT2D eigenvalue weighted by atomic mass is 10.2. The lowest BCUT2D eigenvalue weighted by Gasteiger charge is -2.20. The molecule has 1 saturated heterocycles. The molecule has 1 aliphatic heterocycles. The predicted octanol–water partition coefficient (Wildman–Crippen LogP) is 3.58. The van der Waals surface area contributed by atoms with E-state index < -0.39 is 50.8 Å². The molecular weight excluding hydrogens is 518 g/mol. The Balaban J connectivity index is 1.62. The molecule has 0 saturated carbocycles. The predicted molar refractivity (Wildman–Crippen MR) is 121 cm³/mol. The maximum atomic E-state index is 15.1. The Morgan fingerprint density at radius 1 is 1.20 bits per heavy atom. The molecule has 2 aromatic carbocycles. The number of ether oxygens (including phenoxy) is 1. The van der Waals surface area contributed by atoms with E-state index in [-0.39, 0.29) is 41.8 Å². The Hall–Kier alpha value is -2.94. The van der Waals surface area contributed by atoms with Crippen molar-refractivity contribution >= 4 is 49.8 Å². The van der Waals surface area contributed by atoms with E-state index in [1.54, 1.807) is 0 Å². The quantitative estimate of drug-likeness (QED) is 0.448. The Morgan fingerprint density at radius 3 is 2.63 bits per heavy atom. The molecule has 0 bridgehead atoms. The second-order valence-electron chi connectivity index (χ2n) is 7.66. The van der Waals surface area contributed by atoms with Crippen molar-refractivity contribution in [1.29, 1.82) is 0 Å². The van der Waals surface area contributed by atoms with E-state index in [1.165, 1.54) is 25.5 Å². The second kappa shape index (κ2) is 9.60. The van der Waals surface area contributed by atoms with Gasteiger partial charge in [-0.25, -0.2) is 13.8 Å². The first-order valence-corrected chi connectivity index (χ1v) is 11.9. The minimum atomic E-state index is -4.26. The van der Waals surface area contributed by atoms with Crippen LogP contribution in [0, 0.1) is 11.6 Å². The van der Waals surface area contributed by atoms with Crippen molar-refractivity contribution in [2.24, 2.45) is 7.05 Å². The Morgan fingerprint density at radius 2 is 1.91 bits per heavy atom. The third-order valence-electron chi connectivity index (χ3n) is 5.36. The number of aryl methyl sites for hydroxylation is 1. The highest BCUT2D eigenvalue weighted by atomic mass is 35.5. The lowest BCUT2D eigenvalue weighted by Crippen LogP contribution is -2.35. The maximum Gasteiger partial charge on any atom is 0.345 e. The summed E-state index contributed by atoms with van der Waals surface area (Å²) in [6.07, 6.45) is 0.307. The molecule has 15 heteroatoms. The number of benzene rings is 2. The normalized spacial score (nSPS) is 16.8. The van der Waals surface area contributed by atoms with E-state index in [2.05, 4.69) is 19.8 Å². The molecule has 0 radical (unpaired) electrons. The van der Waals surface area contributed by atoms with Crippen LogP contribution in [0.5, 0.6) is 0 Å². The van der Waals surface area contributed by atoms with E-state index in [1.807, 2.05) is 0 Å². The van der Waals surface area contributed by atoms with Gasteiger partial charge in [-0.3, -0.25) is 9.52 Å². The van der Waals surface area contributed by atoms with Crippen LogP contribution in [0.2, 0.25) is 5.02 Å². The molecule has 1 atom stereocenters. The number of fused-ring (bicyclic) bond motifs is 1. The zero-order valence-corrected chi connectivity index (χ0v) is 19.5. The first-order valence-electron chi connectivity index (χ1n) is 10.1. The monoisotopic (exact) mass is 535 g/mol. The van der Waals surface area contributed by atoms with Crippen LogP contribution in [-0.4, -0.2) is 48.1 Å². The van der Waals surface area contributed by atoms with Crippen molar-refractivity contribution in [3.63, 3.8) is 0 Å². The lowest BCUT2D eigenvalue weighted by molar-refractivity contribution is -0.157. The van der Waals surface area contributed by atoms with Crippen molar-refractivity contribution in [1.82, 2.24) is 13.9 Å². The van der Waals surface area contributed by atoms with E-state index in [0.717, 1.165) is 21.0 Å². The average Bonchev–Trinajstić information content (AvgIpc) is 3.26. The Bertz CT molecular complexity index is 1450. The molecule has 2 heterocycles. The number of hydrogen-bond acceptors (Lipinski definition) is 6. The summed E-state index contributed by atoms with van der Waals surface area (Å²) in [7, 11) is -2.87. The molecule has 0 spiro atoms. The van der Waals surface area contributed by atoms with Crippen LogP contribution >= 0.6 is 11.6 Å². The highest BCUT2D eigenvalue weighted by Crippen LogP contribution is 2.37. The molecular formula is C20H18ClF4N5O4S. The SMILES string of the molecule is Cn1cnc2ccc(Nc3c(F)ccc(NS(=O)(=O)N4CCC(OC(F)F)C4)c3Cl)c(F)c2c1=O. The summed E-state index contributed by atoms with van der Waals surface area (Å²) in [6.45, 7) is -3.43. The minimum Gasteiger partial charge on any atom is -0.349 e. The summed E-state index contributed by atoms with van der Waals surface area (Å²) in [6, 6.07) is 4.54. The number of halogens is 5. The van der Waals surface area contributed by atoms with Crippen molar-refractivity contribution in [2.45, 2.75) is 19.1 Å². The van der Waals surface area contributed by atoms with Crippen LogP contribution in [0.3, 0.4) is 0 Å². The molecule has 1 aliphatic rings. The highest BCUT2D eigenvalue weighted by Gasteiger charge is 2.34. The summed E-state index contributed by atoms with van der Waals surface area (Å²) in [5.41, 5.74) is -1.57. The molecule has 4 rings (SSSR count). The molecule has 3 aromatic rings. The van der Waals surface area contributed by atoms with Gasteiger partial charge in [0.1, 0.15) is 11.2 Å². The average molecular weight is 536 g/mol. The summed E-state index contributed by atoms with van der Waals surface area (Å²) in [5.74, 6) is -1.93. The van der Waals surface area contributed by atoms with Gasteiger partial charge in [0.05, 0.1) is 40.0 Å². The maximum absolute atomic E-state index is 15.1. The smallest absolute Gasteiger partial charge is 0.345 e. The summed E-state index contributed by atoms with van der Waals surface area (Å²) in [5, 5.41) is 1.71. The van der Waals surface area contributed by atoms with Crippen LogP contribution in [-0.2, 0) is 22.0 Å². The number of alkyl halides is 2. The first-order chi connectivity index (χ1) is 16.5. The third kappa shape index (κ3) is 5.05. The number of rotatable bonds is 7. The molecule has 35 heavy (non-hydrogen) atoms. The Labute approximate surface area is 201 Å². The summed E-state index contributed by atoms with van der Waals surface area (Å²) in [4.78, 5) is 16.3. The van der Waals surface area contributed by atoms with Gasteiger partial charge in [0.2, 0.25) is 0 Å². The van der Waals surface area contributed by atoms with Gasteiger partial charge >= 0.3 is 16.8 Å².